The van der Waals surface area contributed by atoms with Crippen molar-refractivity contribution in [1.29, 1.82) is 0 Å². The van der Waals surface area contributed by atoms with E-state index in [0.29, 0.717) is 11.4 Å². The van der Waals surface area contributed by atoms with Crippen molar-refractivity contribution in [3.05, 3.63) is 58.8 Å². The third-order valence-corrected chi connectivity index (χ3v) is 5.36. The maximum absolute atomic E-state index is 12.8. The van der Waals surface area contributed by atoms with Gasteiger partial charge in [0.25, 0.3) is 5.91 Å². The van der Waals surface area contributed by atoms with Crippen LogP contribution in [0.4, 0.5) is 0 Å². The van der Waals surface area contributed by atoms with Gasteiger partial charge in [0.15, 0.2) is 0 Å². The molecule has 0 aromatic carbocycles. The van der Waals surface area contributed by atoms with Crippen LogP contribution in [0.3, 0.4) is 0 Å². The number of nitrogens with one attached hydrogen (secondary N) is 2. The number of fused-ring (bicyclic) bond motifs is 1. The third-order valence-electron chi connectivity index (χ3n) is 4.25. The van der Waals surface area contributed by atoms with Crippen molar-refractivity contribution in [2.45, 2.75) is 20.4 Å². The minimum atomic E-state index is -0.161. The summed E-state index contributed by atoms with van der Waals surface area (Å²) >= 11 is 1.72. The van der Waals surface area contributed by atoms with Crippen molar-refractivity contribution >= 4 is 27.5 Å². The molecule has 0 radical (unpaired) electrons. The highest BCUT2D eigenvalue weighted by atomic mass is 32.1. The molecule has 6 heteroatoms. The van der Waals surface area contributed by atoms with Gasteiger partial charge in [-0.1, -0.05) is 24.8 Å². The van der Waals surface area contributed by atoms with Crippen LogP contribution in [0.15, 0.2) is 42.6 Å². The van der Waals surface area contributed by atoms with Gasteiger partial charge in [-0.05, 0) is 26.0 Å². The molecule has 2 aromatic heterocycles. The second-order valence-electron chi connectivity index (χ2n) is 6.63. The molecule has 0 aliphatic carbocycles. The maximum atomic E-state index is 12.8. The molecule has 2 aromatic rings. The van der Waals surface area contributed by atoms with Gasteiger partial charge in [-0.25, -0.2) is 0 Å². The minimum absolute atomic E-state index is 0.161. The van der Waals surface area contributed by atoms with Crippen molar-refractivity contribution in [2.24, 2.45) is 0 Å². The Morgan fingerprint density at radius 2 is 2.12 bits per heavy atom. The number of hydrogen-bond donors (Lipinski definition) is 2. The van der Waals surface area contributed by atoms with Crippen LogP contribution in [0.2, 0.25) is 0 Å². The number of amides is 1. The summed E-state index contributed by atoms with van der Waals surface area (Å²) in [5.41, 5.74) is 4.13. The molecule has 26 heavy (non-hydrogen) atoms. The molecule has 1 aliphatic heterocycles. The van der Waals surface area contributed by atoms with Crippen molar-refractivity contribution in [3.63, 3.8) is 0 Å². The number of allylic oxidation sites excluding steroid dienone is 3. The molecule has 0 saturated carbocycles. The molecule has 0 atom stereocenters. The Morgan fingerprint density at radius 3 is 2.81 bits per heavy atom. The maximum Gasteiger partial charge on any atom is 0.272 e. The van der Waals surface area contributed by atoms with E-state index in [0.717, 1.165) is 54.2 Å². The lowest BCUT2D eigenvalue weighted by atomic mass is 10.2. The van der Waals surface area contributed by atoms with Crippen LogP contribution in [-0.4, -0.2) is 42.1 Å². The number of nitrogens with zero attached hydrogens (tertiary/aromatic N) is 1. The summed E-state index contributed by atoms with van der Waals surface area (Å²) in [6, 6.07) is 2.09. The molecule has 0 spiro atoms. The zero-order chi connectivity index (χ0) is 18.7. The number of aromatic nitrogens is 1. The molecule has 3 rings (SSSR count). The van der Waals surface area contributed by atoms with Crippen molar-refractivity contribution in [3.8, 4) is 0 Å². The first-order valence-electron chi connectivity index (χ1n) is 8.69. The number of thiophene rings is 1. The molecule has 138 valence electrons. The molecule has 0 bridgehead atoms. The van der Waals surface area contributed by atoms with Crippen molar-refractivity contribution < 1.29 is 9.53 Å². The molecule has 1 aliphatic rings. The Hall–Kier alpha value is -2.15. The first-order valence-corrected chi connectivity index (χ1v) is 9.50. The van der Waals surface area contributed by atoms with Crippen LogP contribution in [0.25, 0.3) is 10.2 Å². The number of carbonyl (C=O) groups is 1. The van der Waals surface area contributed by atoms with E-state index in [2.05, 4.69) is 41.3 Å². The number of carbonyl (C=O) groups excluding carboxylic acids is 1. The second-order valence-corrected chi connectivity index (χ2v) is 7.88. The average Bonchev–Trinajstić information content (AvgIpc) is 3.11. The van der Waals surface area contributed by atoms with Gasteiger partial charge in [-0.2, -0.15) is 0 Å². The number of aryl methyl sites for hydroxylation is 1. The van der Waals surface area contributed by atoms with E-state index < -0.39 is 0 Å². The van der Waals surface area contributed by atoms with Gasteiger partial charge in [-0.3, -0.25) is 9.69 Å². The standard InChI is InChI=1S/C20H25N3O2S/c1-13(2)5-6-14(3)21-20(24)18-16(12-23-7-9-25-10-8-23)19-17(22-18)11-15(4)26-19/h5-6,11,22H,1,3,7-10,12H2,2,4H3,(H,21,24)/b6-5-. The fourth-order valence-electron chi connectivity index (χ4n) is 2.98. The molecule has 1 amide bonds. The quantitative estimate of drug-likeness (QED) is 0.761. The monoisotopic (exact) mass is 371 g/mol. The molecular formula is C20H25N3O2S. The van der Waals surface area contributed by atoms with E-state index >= 15 is 0 Å². The lowest BCUT2D eigenvalue weighted by molar-refractivity contribution is 0.0343. The highest BCUT2D eigenvalue weighted by molar-refractivity contribution is 7.19. The summed E-state index contributed by atoms with van der Waals surface area (Å²) in [5, 5.41) is 2.86. The van der Waals surface area contributed by atoms with Crippen LogP contribution in [0.5, 0.6) is 0 Å². The summed E-state index contributed by atoms with van der Waals surface area (Å²) < 4.78 is 6.59. The van der Waals surface area contributed by atoms with Gasteiger partial charge < -0.3 is 15.0 Å². The Balaban J connectivity index is 1.85. The number of ether oxygens (including phenoxy) is 1. The van der Waals surface area contributed by atoms with E-state index in [1.807, 2.05) is 13.0 Å². The van der Waals surface area contributed by atoms with Gasteiger partial charge in [0.2, 0.25) is 0 Å². The Bertz CT molecular complexity index is 869. The summed E-state index contributed by atoms with van der Waals surface area (Å²) in [6.45, 7) is 15.7. The number of morpholine rings is 1. The molecule has 3 heterocycles. The molecule has 1 fully saturated rings. The zero-order valence-corrected chi connectivity index (χ0v) is 16.2. The van der Waals surface area contributed by atoms with E-state index in [9.17, 15) is 4.79 Å². The summed E-state index contributed by atoms with van der Waals surface area (Å²) in [4.78, 5) is 19.7. The third kappa shape index (κ3) is 4.33. The number of H-pyrrole nitrogens is 1. The SMILES string of the molecule is C=C(C)/C=C\C(=C)NC(=O)c1[nH]c2cc(C)sc2c1CN1CCOCC1. The smallest absolute Gasteiger partial charge is 0.272 e. The topological polar surface area (TPSA) is 57.4 Å². The van der Waals surface area contributed by atoms with Crippen LogP contribution in [0, 0.1) is 6.92 Å². The van der Waals surface area contributed by atoms with Crippen LogP contribution < -0.4 is 5.32 Å². The molecule has 1 saturated heterocycles. The van der Waals surface area contributed by atoms with Crippen molar-refractivity contribution in [1.82, 2.24) is 15.2 Å². The molecule has 2 N–H and O–H groups in total. The molecule has 5 nitrogen and oxygen atoms in total. The average molecular weight is 372 g/mol. The lowest BCUT2D eigenvalue weighted by Gasteiger charge is -2.26. The number of aromatic amines is 1. The first kappa shape index (κ1) is 18.6. The second kappa shape index (κ2) is 8.03. The van der Waals surface area contributed by atoms with Crippen molar-refractivity contribution in [2.75, 3.05) is 26.3 Å². The van der Waals surface area contributed by atoms with Crippen LogP contribution in [-0.2, 0) is 11.3 Å². The Labute approximate surface area is 158 Å². The van der Waals surface area contributed by atoms with Crippen LogP contribution in [0.1, 0.15) is 27.9 Å². The highest BCUT2D eigenvalue weighted by Crippen LogP contribution is 2.32. The summed E-state index contributed by atoms with van der Waals surface area (Å²) in [6.07, 6.45) is 3.59. The predicted octanol–water partition coefficient (Wildman–Crippen LogP) is 3.75. The highest BCUT2D eigenvalue weighted by Gasteiger charge is 2.22. The van der Waals surface area contributed by atoms with Gasteiger partial charge in [0.05, 0.1) is 23.4 Å². The summed E-state index contributed by atoms with van der Waals surface area (Å²) in [7, 11) is 0. The van der Waals surface area contributed by atoms with Gasteiger partial charge in [0.1, 0.15) is 5.69 Å². The lowest BCUT2D eigenvalue weighted by Crippen LogP contribution is -2.36. The predicted molar refractivity (Wildman–Crippen MR) is 108 cm³/mol. The van der Waals surface area contributed by atoms with E-state index in [1.165, 1.54) is 4.88 Å². The Morgan fingerprint density at radius 1 is 1.38 bits per heavy atom. The van der Waals surface area contributed by atoms with Gasteiger partial charge in [-0.15, -0.1) is 11.3 Å². The first-order chi connectivity index (χ1) is 12.4. The normalized spacial score (nSPS) is 15.6. The molecule has 0 unspecified atom stereocenters. The summed E-state index contributed by atoms with van der Waals surface area (Å²) in [5.74, 6) is -0.161. The van der Waals surface area contributed by atoms with E-state index in [1.54, 1.807) is 17.4 Å². The zero-order valence-electron chi connectivity index (χ0n) is 15.4. The Kier molecular flexibility index (Phi) is 5.76. The number of rotatable bonds is 6. The van der Waals surface area contributed by atoms with E-state index in [4.69, 9.17) is 4.74 Å². The fourth-order valence-corrected chi connectivity index (χ4v) is 3.98. The van der Waals surface area contributed by atoms with Gasteiger partial charge >= 0.3 is 0 Å². The minimum Gasteiger partial charge on any atom is -0.379 e. The molecular weight excluding hydrogens is 346 g/mol. The van der Waals surface area contributed by atoms with Crippen LogP contribution >= 0.6 is 11.3 Å². The van der Waals surface area contributed by atoms with Gasteiger partial charge in [0, 0.05) is 35.8 Å². The fraction of sp³-hybridized carbons (Fsp3) is 0.350. The van der Waals surface area contributed by atoms with E-state index in [-0.39, 0.29) is 5.91 Å². The largest absolute Gasteiger partial charge is 0.379 e. The number of hydrogen-bond acceptors (Lipinski definition) is 4.